The van der Waals surface area contributed by atoms with Crippen LogP contribution in [-0.2, 0) is 9.59 Å². The molecule has 1 N–H and O–H groups in total. The second-order valence-corrected chi connectivity index (χ2v) is 7.86. The molecule has 2 heterocycles. The van der Waals surface area contributed by atoms with Crippen molar-refractivity contribution in [1.29, 1.82) is 0 Å². The Morgan fingerprint density at radius 2 is 2.19 bits per heavy atom. The zero-order valence-electron chi connectivity index (χ0n) is 14.2. The van der Waals surface area contributed by atoms with Crippen molar-refractivity contribution in [2.45, 2.75) is 23.7 Å². The number of amides is 2. The molecular weight excluding hydrogens is 368 g/mol. The molecular formula is C18H18N4O2S2. The molecule has 0 saturated heterocycles. The predicted octanol–water partition coefficient (Wildman–Crippen LogP) is 3.72. The first-order chi connectivity index (χ1) is 12.6. The zero-order valence-corrected chi connectivity index (χ0v) is 15.8. The summed E-state index contributed by atoms with van der Waals surface area (Å²) in [6.45, 7) is 5.16. The minimum absolute atomic E-state index is 0.104. The molecule has 1 aliphatic rings. The van der Waals surface area contributed by atoms with E-state index in [-0.39, 0.29) is 24.3 Å². The number of thioether (sulfide) groups is 1. The molecule has 0 aliphatic carbocycles. The molecule has 0 spiro atoms. The van der Waals surface area contributed by atoms with Crippen molar-refractivity contribution in [3.05, 3.63) is 54.2 Å². The number of carbonyl (C=O) groups is 2. The van der Waals surface area contributed by atoms with Crippen LogP contribution >= 0.6 is 23.1 Å². The van der Waals surface area contributed by atoms with E-state index in [0.717, 1.165) is 21.2 Å². The number of aromatic nitrogens is 2. The van der Waals surface area contributed by atoms with E-state index in [9.17, 15) is 9.59 Å². The van der Waals surface area contributed by atoms with E-state index in [2.05, 4.69) is 22.1 Å². The Labute approximate surface area is 160 Å². The van der Waals surface area contributed by atoms with E-state index < -0.39 is 0 Å². The summed E-state index contributed by atoms with van der Waals surface area (Å²) in [4.78, 5) is 26.1. The summed E-state index contributed by atoms with van der Waals surface area (Å²) in [5.41, 5.74) is 1.97. The van der Waals surface area contributed by atoms with Crippen LogP contribution in [0.4, 0.5) is 5.13 Å². The first-order valence-corrected chi connectivity index (χ1v) is 9.81. The number of hydrogen-bond donors (Lipinski definition) is 1. The standard InChI is InChI=1S/C18H18N4O2S2/c1-3-10-25-18-21-20-17(26-18)19-16(24)11-15-14-7-5-4-6-13(14)8-9-22(15)12(2)23/h3-9,15H,1,10-11H2,2H3,(H,19,20,24). The molecule has 0 radical (unpaired) electrons. The van der Waals surface area contributed by atoms with Crippen molar-refractivity contribution in [3.63, 3.8) is 0 Å². The fraction of sp³-hybridized carbons (Fsp3) is 0.222. The number of carbonyl (C=O) groups excluding carboxylic acids is 2. The third-order valence-corrected chi connectivity index (χ3v) is 5.79. The van der Waals surface area contributed by atoms with E-state index in [0.29, 0.717) is 5.13 Å². The van der Waals surface area contributed by atoms with Crippen molar-refractivity contribution in [1.82, 2.24) is 15.1 Å². The van der Waals surface area contributed by atoms with Gasteiger partial charge in [0.1, 0.15) is 0 Å². The van der Waals surface area contributed by atoms with E-state index in [1.165, 1.54) is 30.0 Å². The summed E-state index contributed by atoms with van der Waals surface area (Å²) in [7, 11) is 0. The highest BCUT2D eigenvalue weighted by Crippen LogP contribution is 2.33. The minimum atomic E-state index is -0.337. The van der Waals surface area contributed by atoms with Crippen molar-refractivity contribution in [2.24, 2.45) is 0 Å². The molecule has 3 rings (SSSR count). The van der Waals surface area contributed by atoms with Gasteiger partial charge in [0.05, 0.1) is 12.5 Å². The Hall–Kier alpha value is -2.45. The van der Waals surface area contributed by atoms with Crippen molar-refractivity contribution in [3.8, 4) is 0 Å². The maximum Gasteiger partial charge on any atom is 0.228 e. The van der Waals surface area contributed by atoms with Crippen LogP contribution < -0.4 is 5.32 Å². The van der Waals surface area contributed by atoms with E-state index >= 15 is 0 Å². The van der Waals surface area contributed by atoms with Gasteiger partial charge in [0.2, 0.25) is 16.9 Å². The Morgan fingerprint density at radius 1 is 1.38 bits per heavy atom. The Bertz CT molecular complexity index is 862. The summed E-state index contributed by atoms with van der Waals surface area (Å²) in [6, 6.07) is 7.43. The van der Waals surface area contributed by atoms with Crippen LogP contribution in [0, 0.1) is 0 Å². The molecule has 134 valence electrons. The molecule has 1 aromatic carbocycles. The molecule has 1 aromatic heterocycles. The first-order valence-electron chi connectivity index (χ1n) is 8.01. The van der Waals surface area contributed by atoms with Gasteiger partial charge in [-0.3, -0.25) is 9.59 Å². The fourth-order valence-electron chi connectivity index (χ4n) is 2.71. The number of fused-ring (bicyclic) bond motifs is 1. The highest BCUT2D eigenvalue weighted by atomic mass is 32.2. The lowest BCUT2D eigenvalue weighted by molar-refractivity contribution is -0.129. The van der Waals surface area contributed by atoms with Gasteiger partial charge in [-0.05, 0) is 17.2 Å². The normalized spacial score (nSPS) is 15.4. The van der Waals surface area contributed by atoms with Gasteiger partial charge in [-0.2, -0.15) is 0 Å². The number of nitrogens with zero attached hydrogens (tertiary/aromatic N) is 3. The average Bonchev–Trinajstić information content (AvgIpc) is 3.07. The van der Waals surface area contributed by atoms with Gasteiger partial charge in [-0.25, -0.2) is 0 Å². The third-order valence-electron chi connectivity index (χ3n) is 3.83. The van der Waals surface area contributed by atoms with Crippen LogP contribution in [-0.4, -0.2) is 32.7 Å². The third kappa shape index (κ3) is 4.20. The molecule has 8 heteroatoms. The topological polar surface area (TPSA) is 75.2 Å². The number of anilines is 1. The van der Waals surface area contributed by atoms with Crippen molar-refractivity contribution < 1.29 is 9.59 Å². The van der Waals surface area contributed by atoms with E-state index in [1.54, 1.807) is 17.2 Å². The van der Waals surface area contributed by atoms with Gasteiger partial charge in [-0.15, -0.1) is 16.8 Å². The molecule has 0 saturated carbocycles. The van der Waals surface area contributed by atoms with Crippen molar-refractivity contribution >= 4 is 46.1 Å². The van der Waals surface area contributed by atoms with E-state index in [4.69, 9.17) is 0 Å². The van der Waals surface area contributed by atoms with Crippen LogP contribution in [0.3, 0.4) is 0 Å². The first kappa shape index (κ1) is 18.3. The molecule has 2 amide bonds. The van der Waals surface area contributed by atoms with Gasteiger partial charge in [0.25, 0.3) is 0 Å². The SMILES string of the molecule is C=CCSc1nnc(NC(=O)CC2c3ccccc3C=CN2C(C)=O)s1. The molecule has 26 heavy (non-hydrogen) atoms. The molecule has 6 nitrogen and oxygen atoms in total. The second kappa shape index (κ2) is 8.29. The summed E-state index contributed by atoms with van der Waals surface area (Å²) >= 11 is 2.83. The summed E-state index contributed by atoms with van der Waals surface area (Å²) < 4.78 is 0.775. The molecule has 0 fully saturated rings. The van der Waals surface area contributed by atoms with Gasteiger partial charge in [0, 0.05) is 18.9 Å². The molecule has 0 bridgehead atoms. The van der Waals surface area contributed by atoms with Gasteiger partial charge < -0.3 is 10.2 Å². The quantitative estimate of drug-likeness (QED) is 0.465. The van der Waals surface area contributed by atoms with Crippen molar-refractivity contribution in [2.75, 3.05) is 11.1 Å². The number of nitrogens with one attached hydrogen (secondary N) is 1. The molecule has 1 aliphatic heterocycles. The van der Waals surface area contributed by atoms with Crippen LogP contribution in [0.25, 0.3) is 6.08 Å². The lowest BCUT2D eigenvalue weighted by Crippen LogP contribution is -2.33. The van der Waals surface area contributed by atoms with Crippen LogP contribution in [0.15, 0.2) is 47.5 Å². The van der Waals surface area contributed by atoms with Gasteiger partial charge in [-0.1, -0.05) is 53.4 Å². The van der Waals surface area contributed by atoms with E-state index in [1.807, 2.05) is 30.3 Å². The predicted molar refractivity (Wildman–Crippen MR) is 105 cm³/mol. The minimum Gasteiger partial charge on any atom is -0.311 e. The molecule has 1 unspecified atom stereocenters. The number of rotatable bonds is 6. The Balaban J connectivity index is 1.72. The van der Waals surface area contributed by atoms with Crippen LogP contribution in [0.1, 0.15) is 30.5 Å². The molecule has 2 aromatic rings. The van der Waals surface area contributed by atoms with Gasteiger partial charge in [0.15, 0.2) is 4.34 Å². The highest BCUT2D eigenvalue weighted by molar-refractivity contribution is 8.01. The van der Waals surface area contributed by atoms with Crippen LogP contribution in [0.2, 0.25) is 0 Å². The second-order valence-electron chi connectivity index (χ2n) is 5.61. The maximum atomic E-state index is 12.5. The number of benzene rings is 1. The summed E-state index contributed by atoms with van der Waals surface area (Å²) in [5.74, 6) is 0.428. The Morgan fingerprint density at radius 3 is 2.96 bits per heavy atom. The average molecular weight is 387 g/mol. The lowest BCUT2D eigenvalue weighted by Gasteiger charge is -2.32. The monoisotopic (exact) mass is 386 g/mol. The smallest absolute Gasteiger partial charge is 0.228 e. The number of hydrogen-bond acceptors (Lipinski definition) is 6. The lowest BCUT2D eigenvalue weighted by atomic mass is 9.93. The zero-order chi connectivity index (χ0) is 18.5. The largest absolute Gasteiger partial charge is 0.311 e. The highest BCUT2D eigenvalue weighted by Gasteiger charge is 2.28. The Kier molecular flexibility index (Phi) is 5.85. The fourth-order valence-corrected chi connectivity index (χ4v) is 4.24. The summed E-state index contributed by atoms with van der Waals surface area (Å²) in [6.07, 6.45) is 5.56. The van der Waals surface area contributed by atoms with Crippen LogP contribution in [0.5, 0.6) is 0 Å². The summed E-state index contributed by atoms with van der Waals surface area (Å²) in [5, 5.41) is 11.2. The molecule has 1 atom stereocenters. The maximum absolute atomic E-state index is 12.5. The van der Waals surface area contributed by atoms with Gasteiger partial charge >= 0.3 is 0 Å².